The number of thiophene rings is 1. The molecule has 1 N–H and O–H groups in total. The zero-order valence-electron chi connectivity index (χ0n) is 11.3. The van der Waals surface area contributed by atoms with Crippen molar-refractivity contribution in [2.24, 2.45) is 0 Å². The van der Waals surface area contributed by atoms with Crippen molar-refractivity contribution in [1.82, 2.24) is 0 Å². The number of sulfonamides is 1. The molecule has 0 radical (unpaired) electrons. The number of ether oxygens (including phenoxy) is 1. The van der Waals surface area contributed by atoms with E-state index < -0.39 is 10.0 Å². The molecule has 0 saturated heterocycles. The van der Waals surface area contributed by atoms with Gasteiger partial charge in [0.25, 0.3) is 10.0 Å². The molecule has 0 amide bonds. The van der Waals surface area contributed by atoms with Crippen molar-refractivity contribution in [2.45, 2.75) is 18.7 Å². The van der Waals surface area contributed by atoms with Gasteiger partial charge in [0.15, 0.2) is 0 Å². The second-order valence-electron chi connectivity index (χ2n) is 4.15. The Balaban J connectivity index is 2.41. The molecule has 0 unspecified atom stereocenters. The number of nitrogens with one attached hydrogen (secondary N) is 1. The third kappa shape index (κ3) is 3.91. The van der Waals surface area contributed by atoms with E-state index >= 15 is 0 Å². The Labute approximate surface area is 141 Å². The minimum absolute atomic E-state index is 0.238. The lowest BCUT2D eigenvalue weighted by molar-refractivity contribution is 0.342. The van der Waals surface area contributed by atoms with E-state index in [4.69, 9.17) is 16.3 Å². The predicted octanol–water partition coefficient (Wildman–Crippen LogP) is 4.67. The molecule has 21 heavy (non-hydrogen) atoms. The molecular formula is C13H13BrClNO3S2. The summed E-state index contributed by atoms with van der Waals surface area (Å²) in [6.45, 7) is 4.01. The molecule has 0 saturated carbocycles. The average molecular weight is 411 g/mol. The Morgan fingerprint density at radius 2 is 2.10 bits per heavy atom. The van der Waals surface area contributed by atoms with E-state index in [-0.39, 0.29) is 4.90 Å². The van der Waals surface area contributed by atoms with Crippen molar-refractivity contribution < 1.29 is 13.2 Å². The molecule has 1 heterocycles. The monoisotopic (exact) mass is 409 g/mol. The molecule has 0 aliphatic heterocycles. The molecule has 0 aliphatic carbocycles. The molecule has 4 nitrogen and oxygen atoms in total. The maximum absolute atomic E-state index is 12.5. The highest BCUT2D eigenvalue weighted by Crippen LogP contribution is 2.34. The van der Waals surface area contributed by atoms with Crippen LogP contribution in [-0.2, 0) is 10.0 Å². The molecule has 114 valence electrons. The molecule has 0 bridgehead atoms. The molecule has 0 spiro atoms. The lowest BCUT2D eigenvalue weighted by atomic mass is 10.3. The van der Waals surface area contributed by atoms with Crippen LogP contribution in [0.4, 0.5) is 5.69 Å². The van der Waals surface area contributed by atoms with Crippen LogP contribution < -0.4 is 9.46 Å². The molecule has 0 atom stereocenters. The summed E-state index contributed by atoms with van der Waals surface area (Å²) in [6.07, 6.45) is 0. The summed E-state index contributed by atoms with van der Waals surface area (Å²) in [4.78, 5) is 0.941. The summed E-state index contributed by atoms with van der Waals surface area (Å²) < 4.78 is 33.7. The highest BCUT2D eigenvalue weighted by atomic mass is 79.9. The fraction of sp³-hybridized carbons (Fsp3) is 0.231. The van der Waals surface area contributed by atoms with Gasteiger partial charge in [-0.2, -0.15) is 0 Å². The van der Waals surface area contributed by atoms with Gasteiger partial charge in [-0.3, -0.25) is 4.72 Å². The molecule has 2 rings (SSSR count). The summed E-state index contributed by atoms with van der Waals surface area (Å²) in [5.41, 5.74) is 0.325. The Kier molecular flexibility index (Phi) is 5.19. The van der Waals surface area contributed by atoms with Crippen LogP contribution in [-0.4, -0.2) is 15.0 Å². The Morgan fingerprint density at radius 3 is 2.67 bits per heavy atom. The van der Waals surface area contributed by atoms with Crippen molar-refractivity contribution in [2.75, 3.05) is 11.3 Å². The van der Waals surface area contributed by atoms with Crippen LogP contribution in [0.5, 0.6) is 5.75 Å². The first-order valence-electron chi connectivity index (χ1n) is 6.04. The summed E-state index contributed by atoms with van der Waals surface area (Å²) >= 11 is 10.6. The first-order valence-corrected chi connectivity index (χ1v) is 9.51. The van der Waals surface area contributed by atoms with E-state index in [2.05, 4.69) is 20.7 Å². The van der Waals surface area contributed by atoms with Gasteiger partial charge in [0.2, 0.25) is 0 Å². The van der Waals surface area contributed by atoms with Crippen LogP contribution in [0.3, 0.4) is 0 Å². The first-order chi connectivity index (χ1) is 9.83. The van der Waals surface area contributed by atoms with Crippen LogP contribution in [0.2, 0.25) is 5.02 Å². The molecule has 1 aromatic heterocycles. The molecule has 0 fully saturated rings. The third-order valence-corrected chi connectivity index (χ3v) is 6.03. The third-order valence-electron chi connectivity index (χ3n) is 2.62. The maximum Gasteiger partial charge on any atom is 0.263 e. The quantitative estimate of drug-likeness (QED) is 0.779. The molecule has 0 aliphatic rings. The zero-order valence-corrected chi connectivity index (χ0v) is 15.3. The van der Waals surface area contributed by atoms with Crippen molar-refractivity contribution in [1.29, 1.82) is 0 Å². The van der Waals surface area contributed by atoms with Gasteiger partial charge in [-0.05, 0) is 54.0 Å². The number of hydrogen-bond donors (Lipinski definition) is 1. The van der Waals surface area contributed by atoms with Crippen LogP contribution in [0.1, 0.15) is 11.8 Å². The Morgan fingerprint density at radius 1 is 1.38 bits per heavy atom. The number of halogens is 2. The SMILES string of the molecule is CCOc1ccc(Cl)cc1NS(=O)(=O)c1cc(Br)sc1C. The van der Waals surface area contributed by atoms with Crippen LogP contribution in [0.25, 0.3) is 0 Å². The number of rotatable bonds is 5. The van der Waals surface area contributed by atoms with Gasteiger partial charge >= 0.3 is 0 Å². The molecular weight excluding hydrogens is 398 g/mol. The summed E-state index contributed by atoms with van der Waals surface area (Å²) in [7, 11) is -3.69. The number of anilines is 1. The predicted molar refractivity (Wildman–Crippen MR) is 90.2 cm³/mol. The van der Waals surface area contributed by atoms with E-state index in [1.807, 2.05) is 6.92 Å². The van der Waals surface area contributed by atoms with E-state index in [1.165, 1.54) is 17.4 Å². The van der Waals surface area contributed by atoms with Gasteiger partial charge in [0.1, 0.15) is 10.6 Å². The summed E-state index contributed by atoms with van der Waals surface area (Å²) in [6, 6.07) is 6.39. The van der Waals surface area contributed by atoms with Crippen molar-refractivity contribution in [3.05, 3.63) is 38.0 Å². The van der Waals surface area contributed by atoms with Crippen LogP contribution >= 0.6 is 38.9 Å². The normalized spacial score (nSPS) is 11.4. The minimum Gasteiger partial charge on any atom is -0.492 e. The molecule has 2 aromatic rings. The fourth-order valence-electron chi connectivity index (χ4n) is 1.76. The standard InChI is InChI=1S/C13H13BrClNO3S2/c1-3-19-11-5-4-9(15)6-10(11)16-21(17,18)12-7-13(14)20-8(12)2/h4-7,16H,3H2,1-2H3. The fourth-order valence-corrected chi connectivity index (χ4v) is 5.41. The highest BCUT2D eigenvalue weighted by Gasteiger charge is 2.21. The topological polar surface area (TPSA) is 55.4 Å². The zero-order chi connectivity index (χ0) is 15.6. The first kappa shape index (κ1) is 16.6. The van der Waals surface area contributed by atoms with Crippen molar-refractivity contribution in [3.63, 3.8) is 0 Å². The Bertz CT molecular complexity index is 759. The van der Waals surface area contributed by atoms with Gasteiger partial charge in [-0.1, -0.05) is 11.6 Å². The van der Waals surface area contributed by atoms with E-state index in [9.17, 15) is 8.42 Å². The van der Waals surface area contributed by atoms with Gasteiger partial charge in [0, 0.05) is 9.90 Å². The average Bonchev–Trinajstić information content (AvgIpc) is 2.72. The largest absolute Gasteiger partial charge is 0.492 e. The highest BCUT2D eigenvalue weighted by molar-refractivity contribution is 9.11. The second-order valence-corrected chi connectivity index (χ2v) is 8.87. The number of benzene rings is 1. The van der Waals surface area contributed by atoms with Gasteiger partial charge < -0.3 is 4.74 Å². The lowest BCUT2D eigenvalue weighted by Gasteiger charge is -2.13. The minimum atomic E-state index is -3.69. The molecule has 1 aromatic carbocycles. The lowest BCUT2D eigenvalue weighted by Crippen LogP contribution is -2.14. The van der Waals surface area contributed by atoms with Gasteiger partial charge in [-0.25, -0.2) is 8.42 Å². The van der Waals surface area contributed by atoms with Crippen LogP contribution in [0.15, 0.2) is 32.9 Å². The molecule has 8 heteroatoms. The smallest absolute Gasteiger partial charge is 0.263 e. The van der Waals surface area contributed by atoms with Crippen LogP contribution in [0, 0.1) is 6.92 Å². The summed E-state index contributed by atoms with van der Waals surface area (Å²) in [5, 5.41) is 0.430. The maximum atomic E-state index is 12.5. The number of aryl methyl sites for hydroxylation is 1. The van der Waals surface area contributed by atoms with E-state index in [1.54, 1.807) is 25.1 Å². The summed E-state index contributed by atoms with van der Waals surface area (Å²) in [5.74, 6) is 0.442. The Hall–Kier alpha value is -0.760. The second kappa shape index (κ2) is 6.56. The van der Waals surface area contributed by atoms with Gasteiger partial charge in [0.05, 0.1) is 16.1 Å². The van der Waals surface area contributed by atoms with E-state index in [0.29, 0.717) is 27.9 Å². The van der Waals surface area contributed by atoms with Gasteiger partial charge in [-0.15, -0.1) is 11.3 Å². The van der Waals surface area contributed by atoms with Crippen molar-refractivity contribution >= 4 is 54.6 Å². The van der Waals surface area contributed by atoms with E-state index in [0.717, 1.165) is 3.79 Å². The van der Waals surface area contributed by atoms with Crippen molar-refractivity contribution in [3.8, 4) is 5.75 Å². The number of hydrogen-bond acceptors (Lipinski definition) is 4.